The van der Waals surface area contributed by atoms with E-state index in [1.165, 1.54) is 36.8 Å². The van der Waals surface area contributed by atoms with Crippen LogP contribution in [0, 0.1) is 5.92 Å². The Morgan fingerprint density at radius 2 is 2.00 bits per heavy atom. The third-order valence-corrected chi connectivity index (χ3v) is 4.67. The molecular weight excluding hydrogens is 284 g/mol. The number of nitrogens with one attached hydrogen (secondary N) is 2. The Morgan fingerprint density at radius 3 is 2.81 bits per heavy atom. The summed E-state index contributed by atoms with van der Waals surface area (Å²) in [6.07, 6.45) is 6.87. The van der Waals surface area contributed by atoms with Crippen LogP contribution in [-0.4, -0.2) is 19.0 Å². The molecule has 2 N–H and O–H groups in total. The molecule has 1 amide bonds. The lowest BCUT2D eigenvalue weighted by atomic mass is 9.94. The topological polar surface area (TPSA) is 41.1 Å². The van der Waals surface area contributed by atoms with Crippen molar-refractivity contribution >= 4 is 18.3 Å². The Bertz CT molecular complexity index is 472. The predicted molar refractivity (Wildman–Crippen MR) is 87.7 cm³/mol. The van der Waals surface area contributed by atoms with Gasteiger partial charge in [0.1, 0.15) is 0 Å². The Labute approximate surface area is 133 Å². The van der Waals surface area contributed by atoms with Crippen LogP contribution in [0.5, 0.6) is 0 Å². The van der Waals surface area contributed by atoms with Gasteiger partial charge in [0.25, 0.3) is 0 Å². The molecule has 1 atom stereocenters. The van der Waals surface area contributed by atoms with Gasteiger partial charge in [-0.15, -0.1) is 12.4 Å². The molecule has 1 unspecified atom stereocenters. The summed E-state index contributed by atoms with van der Waals surface area (Å²) in [5.74, 6) is 0.850. The maximum Gasteiger partial charge on any atom is 0.220 e. The van der Waals surface area contributed by atoms with E-state index in [-0.39, 0.29) is 24.4 Å². The molecule has 1 aliphatic heterocycles. The quantitative estimate of drug-likeness (QED) is 0.898. The molecule has 1 aromatic rings. The van der Waals surface area contributed by atoms with Crippen LogP contribution < -0.4 is 10.6 Å². The van der Waals surface area contributed by atoms with Crippen molar-refractivity contribution in [2.75, 3.05) is 13.1 Å². The van der Waals surface area contributed by atoms with Gasteiger partial charge in [-0.3, -0.25) is 4.79 Å². The van der Waals surface area contributed by atoms with Crippen LogP contribution in [0.25, 0.3) is 0 Å². The van der Waals surface area contributed by atoms with E-state index >= 15 is 0 Å². The summed E-state index contributed by atoms with van der Waals surface area (Å²) < 4.78 is 0. The Morgan fingerprint density at radius 1 is 1.24 bits per heavy atom. The van der Waals surface area contributed by atoms with Crippen molar-refractivity contribution in [2.45, 2.75) is 44.6 Å². The highest BCUT2D eigenvalue weighted by atomic mass is 35.5. The van der Waals surface area contributed by atoms with Crippen molar-refractivity contribution in [3.63, 3.8) is 0 Å². The summed E-state index contributed by atoms with van der Waals surface area (Å²) in [7, 11) is 0. The highest BCUT2D eigenvalue weighted by Crippen LogP contribution is 2.27. The number of rotatable bonds is 4. The second-order valence-corrected chi connectivity index (χ2v) is 6.11. The Kier molecular flexibility index (Phi) is 6.07. The van der Waals surface area contributed by atoms with Crippen LogP contribution >= 0.6 is 12.4 Å². The monoisotopic (exact) mass is 308 g/mol. The first-order chi connectivity index (χ1) is 9.83. The largest absolute Gasteiger partial charge is 0.354 e. The second-order valence-electron chi connectivity index (χ2n) is 6.11. The van der Waals surface area contributed by atoms with Gasteiger partial charge in [0.2, 0.25) is 5.91 Å². The molecule has 0 saturated heterocycles. The fourth-order valence-corrected chi connectivity index (χ4v) is 3.54. The minimum Gasteiger partial charge on any atom is -0.354 e. The standard InChI is InChI=1S/C17H24N2O.ClH/c20-17(11-13-5-1-2-6-13)19-12-16-15-8-4-3-7-14(15)9-10-18-16;/h3-4,7-8,13,16,18H,1-2,5-6,9-12H2,(H,19,20);1H. The lowest BCUT2D eigenvalue weighted by molar-refractivity contribution is -0.122. The van der Waals surface area contributed by atoms with E-state index in [1.54, 1.807) is 0 Å². The third-order valence-electron chi connectivity index (χ3n) is 4.67. The lowest BCUT2D eigenvalue weighted by Gasteiger charge is -2.27. The highest BCUT2D eigenvalue weighted by Gasteiger charge is 2.21. The smallest absolute Gasteiger partial charge is 0.220 e. The zero-order chi connectivity index (χ0) is 13.8. The highest BCUT2D eigenvalue weighted by molar-refractivity contribution is 5.85. The van der Waals surface area contributed by atoms with E-state index in [0.29, 0.717) is 18.9 Å². The van der Waals surface area contributed by atoms with Gasteiger partial charge >= 0.3 is 0 Å². The number of fused-ring (bicyclic) bond motifs is 1. The second kappa shape index (κ2) is 7.81. The average Bonchev–Trinajstić information content (AvgIpc) is 2.98. The molecule has 1 aromatic carbocycles. The van der Waals surface area contributed by atoms with E-state index in [2.05, 4.69) is 34.9 Å². The van der Waals surface area contributed by atoms with Gasteiger partial charge in [-0.1, -0.05) is 37.1 Å². The van der Waals surface area contributed by atoms with Crippen molar-refractivity contribution in [3.05, 3.63) is 35.4 Å². The maximum absolute atomic E-state index is 12.0. The summed E-state index contributed by atoms with van der Waals surface area (Å²) in [6, 6.07) is 8.82. The van der Waals surface area contributed by atoms with E-state index in [4.69, 9.17) is 0 Å². The van der Waals surface area contributed by atoms with Gasteiger partial charge in [-0.2, -0.15) is 0 Å². The number of benzene rings is 1. The van der Waals surface area contributed by atoms with Crippen LogP contribution in [0.4, 0.5) is 0 Å². The van der Waals surface area contributed by atoms with Gasteiger partial charge < -0.3 is 10.6 Å². The van der Waals surface area contributed by atoms with Crippen molar-refractivity contribution < 1.29 is 4.79 Å². The SMILES string of the molecule is Cl.O=C(CC1CCCC1)NCC1NCCc2ccccc21. The van der Waals surface area contributed by atoms with Crippen LogP contribution in [0.2, 0.25) is 0 Å². The molecule has 21 heavy (non-hydrogen) atoms. The summed E-state index contributed by atoms with van der Waals surface area (Å²) >= 11 is 0. The van der Waals surface area contributed by atoms with Crippen LogP contribution in [-0.2, 0) is 11.2 Å². The maximum atomic E-state index is 12.0. The predicted octanol–water partition coefficient (Wildman–Crippen LogP) is 2.99. The lowest BCUT2D eigenvalue weighted by Crippen LogP contribution is -2.39. The van der Waals surface area contributed by atoms with Crippen molar-refractivity contribution in [2.24, 2.45) is 5.92 Å². The van der Waals surface area contributed by atoms with Crippen LogP contribution in [0.15, 0.2) is 24.3 Å². The van der Waals surface area contributed by atoms with Gasteiger partial charge in [0.15, 0.2) is 0 Å². The van der Waals surface area contributed by atoms with Crippen molar-refractivity contribution in [1.82, 2.24) is 10.6 Å². The zero-order valence-electron chi connectivity index (χ0n) is 12.4. The molecule has 116 valence electrons. The van der Waals surface area contributed by atoms with Gasteiger partial charge in [0, 0.05) is 19.0 Å². The molecule has 1 fully saturated rings. The molecule has 4 heteroatoms. The number of hydrogen-bond donors (Lipinski definition) is 2. The minimum absolute atomic E-state index is 0. The number of carbonyl (C=O) groups is 1. The molecule has 1 saturated carbocycles. The minimum atomic E-state index is 0. The van der Waals surface area contributed by atoms with Gasteiger partial charge in [-0.25, -0.2) is 0 Å². The van der Waals surface area contributed by atoms with E-state index in [9.17, 15) is 4.79 Å². The summed E-state index contributed by atoms with van der Waals surface area (Å²) in [5, 5.41) is 6.63. The normalized spacial score (nSPS) is 21.4. The molecule has 0 spiro atoms. The fraction of sp³-hybridized carbons (Fsp3) is 0.588. The molecular formula is C17H25ClN2O. The van der Waals surface area contributed by atoms with Crippen molar-refractivity contribution in [1.29, 1.82) is 0 Å². The molecule has 0 aromatic heterocycles. The van der Waals surface area contributed by atoms with Crippen LogP contribution in [0.3, 0.4) is 0 Å². The Balaban J connectivity index is 0.00000161. The first kappa shape index (κ1) is 16.3. The zero-order valence-corrected chi connectivity index (χ0v) is 13.3. The third kappa shape index (κ3) is 4.21. The molecule has 2 aliphatic rings. The summed E-state index contributed by atoms with van der Waals surface area (Å²) in [4.78, 5) is 12.0. The first-order valence-electron chi connectivity index (χ1n) is 7.91. The van der Waals surface area contributed by atoms with Gasteiger partial charge in [-0.05, 0) is 42.9 Å². The summed E-state index contributed by atoms with van der Waals surface area (Å²) in [6.45, 7) is 1.71. The Hall–Kier alpha value is -1.06. The van der Waals surface area contributed by atoms with E-state index < -0.39 is 0 Å². The number of amides is 1. The molecule has 3 rings (SSSR count). The molecule has 3 nitrogen and oxygen atoms in total. The van der Waals surface area contributed by atoms with E-state index in [1.807, 2.05) is 0 Å². The summed E-state index contributed by atoms with van der Waals surface area (Å²) in [5.41, 5.74) is 2.77. The van der Waals surface area contributed by atoms with Crippen molar-refractivity contribution in [3.8, 4) is 0 Å². The first-order valence-corrected chi connectivity index (χ1v) is 7.91. The molecule has 1 heterocycles. The average molecular weight is 309 g/mol. The number of halogens is 1. The van der Waals surface area contributed by atoms with Gasteiger partial charge in [0.05, 0.1) is 0 Å². The fourth-order valence-electron chi connectivity index (χ4n) is 3.54. The van der Waals surface area contributed by atoms with Crippen LogP contribution in [0.1, 0.15) is 49.3 Å². The van der Waals surface area contributed by atoms with E-state index in [0.717, 1.165) is 13.0 Å². The molecule has 1 aliphatic carbocycles. The number of carbonyl (C=O) groups excluding carboxylic acids is 1. The molecule has 0 radical (unpaired) electrons. The molecule has 0 bridgehead atoms. The number of hydrogen-bond acceptors (Lipinski definition) is 2.